The maximum atomic E-state index is 13.4. The van der Waals surface area contributed by atoms with Gasteiger partial charge in [-0.25, -0.2) is 0 Å². The summed E-state index contributed by atoms with van der Waals surface area (Å²) in [7, 11) is 4.83. The van der Waals surface area contributed by atoms with Crippen molar-refractivity contribution in [3.05, 3.63) is 47.9 Å². The van der Waals surface area contributed by atoms with Crippen molar-refractivity contribution in [1.29, 1.82) is 0 Å². The lowest BCUT2D eigenvalue weighted by Crippen LogP contribution is -2.44. The zero-order valence-corrected chi connectivity index (χ0v) is 22.0. The van der Waals surface area contributed by atoms with Gasteiger partial charge in [-0.3, -0.25) is 9.59 Å². The Morgan fingerprint density at radius 3 is 2.29 bits per heavy atom. The van der Waals surface area contributed by atoms with E-state index in [1.54, 1.807) is 43.5 Å². The van der Waals surface area contributed by atoms with Gasteiger partial charge in [0.05, 0.1) is 33.6 Å². The van der Waals surface area contributed by atoms with Crippen LogP contribution in [-0.4, -0.2) is 69.2 Å². The second-order valence-corrected chi connectivity index (χ2v) is 9.73. The highest BCUT2D eigenvalue weighted by atomic mass is 16.5. The Labute approximate surface area is 209 Å². The van der Waals surface area contributed by atoms with Gasteiger partial charge >= 0.3 is 0 Å². The quantitative estimate of drug-likeness (QED) is 0.371. The third kappa shape index (κ3) is 9.64. The minimum absolute atomic E-state index is 0.0191. The lowest BCUT2D eigenvalue weighted by atomic mass is 9.91. The molecule has 0 fully saturated rings. The van der Waals surface area contributed by atoms with Crippen LogP contribution in [0, 0.1) is 5.41 Å². The Balaban J connectivity index is 2.16. The molecule has 0 radical (unpaired) electrons. The number of methoxy groups -OCH3 is 3. The van der Waals surface area contributed by atoms with E-state index in [1.165, 1.54) is 0 Å². The number of benzene rings is 1. The summed E-state index contributed by atoms with van der Waals surface area (Å²) in [5.74, 6) is 1.84. The molecule has 0 atom stereocenters. The van der Waals surface area contributed by atoms with Gasteiger partial charge in [0.2, 0.25) is 11.8 Å². The lowest BCUT2D eigenvalue weighted by molar-refractivity contribution is -0.142. The van der Waals surface area contributed by atoms with Gasteiger partial charge in [-0.1, -0.05) is 26.8 Å². The molecule has 2 rings (SSSR count). The smallest absolute Gasteiger partial charge is 0.242 e. The average molecular weight is 489 g/mol. The highest BCUT2D eigenvalue weighted by Crippen LogP contribution is 2.28. The third-order valence-corrected chi connectivity index (χ3v) is 5.53. The number of nitrogens with zero attached hydrogens (tertiary/aromatic N) is 2. The number of amides is 2. The lowest BCUT2D eigenvalue weighted by Gasteiger charge is -2.29. The number of carbonyl (C=O) groups excluding carboxylic acids is 2. The molecule has 0 aliphatic carbocycles. The summed E-state index contributed by atoms with van der Waals surface area (Å²) in [5, 5.41) is 0. The second kappa shape index (κ2) is 13.8. The first-order chi connectivity index (χ1) is 16.7. The van der Waals surface area contributed by atoms with Crippen LogP contribution in [0.1, 0.15) is 44.9 Å². The Hall–Kier alpha value is -3.00. The molecular formula is C27H40N2O6. The van der Waals surface area contributed by atoms with E-state index < -0.39 is 0 Å². The van der Waals surface area contributed by atoms with Gasteiger partial charge in [0.15, 0.2) is 11.5 Å². The van der Waals surface area contributed by atoms with E-state index in [-0.39, 0.29) is 23.8 Å². The first-order valence-corrected chi connectivity index (χ1v) is 11.9. The molecule has 1 aromatic carbocycles. The van der Waals surface area contributed by atoms with Gasteiger partial charge < -0.3 is 28.4 Å². The Morgan fingerprint density at radius 2 is 1.69 bits per heavy atom. The number of ether oxygens (including phenoxy) is 3. The van der Waals surface area contributed by atoms with E-state index in [0.29, 0.717) is 62.8 Å². The molecule has 0 unspecified atom stereocenters. The van der Waals surface area contributed by atoms with Gasteiger partial charge in [0.1, 0.15) is 5.76 Å². The molecule has 8 nitrogen and oxygen atoms in total. The van der Waals surface area contributed by atoms with Gasteiger partial charge in [-0.2, -0.15) is 0 Å². The van der Waals surface area contributed by atoms with Crippen molar-refractivity contribution in [2.45, 2.75) is 46.6 Å². The van der Waals surface area contributed by atoms with Gasteiger partial charge in [-0.15, -0.1) is 0 Å². The standard InChI is InChI=1S/C27H40N2O6/c1-27(2,3)18-25(30)28(13-8-15-32-4)20-26(31)29(19-22-9-7-16-35-22)14-12-21-10-11-23(33-5)24(17-21)34-6/h7,9-11,16-17H,8,12-15,18-20H2,1-6H3. The maximum Gasteiger partial charge on any atom is 0.242 e. The van der Waals surface area contributed by atoms with Crippen LogP contribution in [-0.2, 0) is 27.3 Å². The Bertz CT molecular complexity index is 920. The van der Waals surface area contributed by atoms with Crippen LogP contribution in [0.3, 0.4) is 0 Å². The van der Waals surface area contributed by atoms with E-state index in [9.17, 15) is 9.59 Å². The molecule has 0 aliphatic heterocycles. The van der Waals surface area contributed by atoms with Crippen molar-refractivity contribution < 1.29 is 28.2 Å². The number of carbonyl (C=O) groups is 2. The maximum absolute atomic E-state index is 13.4. The molecule has 0 N–H and O–H groups in total. The predicted octanol–water partition coefficient (Wildman–Crippen LogP) is 4.17. The molecule has 2 amide bonds. The van der Waals surface area contributed by atoms with E-state index >= 15 is 0 Å². The predicted molar refractivity (Wildman–Crippen MR) is 135 cm³/mol. The zero-order chi connectivity index (χ0) is 25.8. The highest BCUT2D eigenvalue weighted by Gasteiger charge is 2.25. The van der Waals surface area contributed by atoms with Gasteiger partial charge in [-0.05, 0) is 48.1 Å². The number of hydrogen-bond donors (Lipinski definition) is 0. The van der Waals surface area contributed by atoms with Crippen molar-refractivity contribution in [3.63, 3.8) is 0 Å². The zero-order valence-electron chi connectivity index (χ0n) is 22.0. The first-order valence-electron chi connectivity index (χ1n) is 11.9. The Kier molecular flexibility index (Phi) is 11.1. The first kappa shape index (κ1) is 28.2. The van der Waals surface area contributed by atoms with E-state index in [4.69, 9.17) is 18.6 Å². The number of rotatable bonds is 14. The van der Waals surface area contributed by atoms with Gasteiger partial charge in [0, 0.05) is 33.2 Å². The molecule has 0 spiro atoms. The van der Waals surface area contributed by atoms with Crippen molar-refractivity contribution in [3.8, 4) is 11.5 Å². The number of furan rings is 1. The molecular weight excluding hydrogens is 448 g/mol. The van der Waals surface area contributed by atoms with E-state index in [1.807, 2.05) is 45.0 Å². The fourth-order valence-corrected chi connectivity index (χ4v) is 3.70. The monoisotopic (exact) mass is 488 g/mol. The third-order valence-electron chi connectivity index (χ3n) is 5.53. The van der Waals surface area contributed by atoms with Gasteiger partial charge in [0.25, 0.3) is 0 Å². The van der Waals surface area contributed by atoms with Crippen molar-refractivity contribution >= 4 is 11.8 Å². The summed E-state index contributed by atoms with van der Waals surface area (Å²) < 4.78 is 21.4. The molecule has 1 heterocycles. The largest absolute Gasteiger partial charge is 0.493 e. The minimum Gasteiger partial charge on any atom is -0.493 e. The van der Waals surface area contributed by atoms with Crippen LogP contribution in [0.15, 0.2) is 41.0 Å². The molecule has 194 valence electrons. The molecule has 2 aromatic rings. The van der Waals surface area contributed by atoms with Crippen molar-refractivity contribution in [2.75, 3.05) is 47.6 Å². The van der Waals surface area contributed by atoms with E-state index in [2.05, 4.69) is 0 Å². The van der Waals surface area contributed by atoms with Crippen LogP contribution in [0.5, 0.6) is 11.5 Å². The number of hydrogen-bond acceptors (Lipinski definition) is 6. The topological polar surface area (TPSA) is 81.5 Å². The molecule has 0 saturated carbocycles. The normalized spacial score (nSPS) is 11.3. The summed E-state index contributed by atoms with van der Waals surface area (Å²) in [6, 6.07) is 9.38. The summed E-state index contributed by atoms with van der Waals surface area (Å²) in [5.41, 5.74) is 0.849. The fraction of sp³-hybridized carbons (Fsp3) is 0.556. The van der Waals surface area contributed by atoms with Crippen LogP contribution in [0.25, 0.3) is 0 Å². The van der Waals surface area contributed by atoms with E-state index in [0.717, 1.165) is 5.56 Å². The minimum atomic E-state index is -0.166. The molecule has 35 heavy (non-hydrogen) atoms. The molecule has 0 saturated heterocycles. The summed E-state index contributed by atoms with van der Waals surface area (Å²) in [4.78, 5) is 29.8. The van der Waals surface area contributed by atoms with Crippen LogP contribution < -0.4 is 9.47 Å². The van der Waals surface area contributed by atoms with Crippen LogP contribution in [0.4, 0.5) is 0 Å². The SMILES string of the molecule is COCCCN(CC(=O)N(CCc1ccc(OC)c(OC)c1)Cc1ccco1)C(=O)CC(C)(C)C. The molecule has 0 aliphatic rings. The van der Waals surface area contributed by atoms with Crippen LogP contribution in [0.2, 0.25) is 0 Å². The molecule has 0 bridgehead atoms. The summed E-state index contributed by atoms with van der Waals surface area (Å²) >= 11 is 0. The van der Waals surface area contributed by atoms with Crippen LogP contribution >= 0.6 is 0 Å². The van der Waals surface area contributed by atoms with Crippen molar-refractivity contribution in [1.82, 2.24) is 9.80 Å². The summed E-state index contributed by atoms with van der Waals surface area (Å²) in [6.45, 7) is 7.88. The van der Waals surface area contributed by atoms with Crippen molar-refractivity contribution in [2.24, 2.45) is 5.41 Å². The fourth-order valence-electron chi connectivity index (χ4n) is 3.70. The molecule has 1 aromatic heterocycles. The summed E-state index contributed by atoms with van der Waals surface area (Å²) in [6.07, 6.45) is 3.25. The molecule has 8 heteroatoms. The average Bonchev–Trinajstić information content (AvgIpc) is 3.33. The highest BCUT2D eigenvalue weighted by molar-refractivity contribution is 5.85. The Morgan fingerprint density at radius 1 is 0.943 bits per heavy atom. The second-order valence-electron chi connectivity index (χ2n) is 9.73.